The molecule has 1 nitrogen and oxygen atoms in total. The number of hydrogen-bond acceptors (Lipinski definition) is 1. The summed E-state index contributed by atoms with van der Waals surface area (Å²) in [5.41, 5.74) is -0.531. The Labute approximate surface area is 77.2 Å². The molecular weight excluding hydrogens is 148 g/mol. The summed E-state index contributed by atoms with van der Waals surface area (Å²) >= 11 is 0. The molecule has 0 amide bonds. The average molecular weight is 171 g/mol. The van der Waals surface area contributed by atoms with Gasteiger partial charge in [-0.1, -0.05) is 27.2 Å². The van der Waals surface area contributed by atoms with Crippen LogP contribution in [0.25, 0.3) is 0 Å². The van der Waals surface area contributed by atoms with Crippen molar-refractivity contribution >= 4 is 0 Å². The van der Waals surface area contributed by atoms with E-state index in [0.717, 1.165) is 12.8 Å². The van der Waals surface area contributed by atoms with E-state index in [4.69, 9.17) is 0 Å². The van der Waals surface area contributed by atoms with Crippen molar-refractivity contribution in [1.29, 1.82) is 0 Å². The highest BCUT2D eigenvalue weighted by Gasteiger charge is 2.19. The van der Waals surface area contributed by atoms with Crippen LogP contribution in [0, 0.1) is 18.8 Å². The van der Waals surface area contributed by atoms with Crippen molar-refractivity contribution in [2.75, 3.05) is 0 Å². The minimum atomic E-state index is -0.531. The molecule has 73 valence electrons. The first-order valence-corrected chi connectivity index (χ1v) is 4.86. The zero-order valence-electron chi connectivity index (χ0n) is 8.93. The lowest BCUT2D eigenvalue weighted by molar-refractivity contribution is 0.0493. The van der Waals surface area contributed by atoms with Crippen LogP contribution < -0.4 is 0 Å². The first-order valence-electron chi connectivity index (χ1n) is 4.86. The first kappa shape index (κ1) is 12.0. The van der Waals surface area contributed by atoms with E-state index in [0.29, 0.717) is 11.8 Å². The Bertz CT molecular complexity index is 111. The molecule has 1 unspecified atom stereocenters. The molecule has 1 radical (unpaired) electrons. The zero-order chi connectivity index (χ0) is 9.78. The van der Waals surface area contributed by atoms with Crippen LogP contribution in [-0.4, -0.2) is 10.7 Å². The molecule has 0 fully saturated rings. The molecule has 1 heteroatoms. The Morgan fingerprint density at radius 2 is 1.83 bits per heavy atom. The molecule has 0 bridgehead atoms. The van der Waals surface area contributed by atoms with Gasteiger partial charge in [-0.25, -0.2) is 0 Å². The van der Waals surface area contributed by atoms with Crippen molar-refractivity contribution in [3.63, 3.8) is 0 Å². The molecule has 0 aliphatic carbocycles. The summed E-state index contributed by atoms with van der Waals surface area (Å²) in [5.74, 6) is 1.28. The van der Waals surface area contributed by atoms with Crippen LogP contribution in [0.2, 0.25) is 0 Å². The molecule has 1 N–H and O–H groups in total. The smallest absolute Gasteiger partial charge is 0.0594 e. The monoisotopic (exact) mass is 171 g/mol. The lowest BCUT2D eigenvalue weighted by atomic mass is 9.86. The van der Waals surface area contributed by atoms with Gasteiger partial charge in [0.25, 0.3) is 0 Å². The molecule has 0 aliphatic rings. The molecule has 0 rings (SSSR count). The van der Waals surface area contributed by atoms with E-state index >= 15 is 0 Å². The molecule has 0 aromatic carbocycles. The highest BCUT2D eigenvalue weighted by Crippen LogP contribution is 2.24. The average Bonchev–Trinajstić information content (AvgIpc) is 1.82. The summed E-state index contributed by atoms with van der Waals surface area (Å²) in [7, 11) is 0. The van der Waals surface area contributed by atoms with Gasteiger partial charge in [0, 0.05) is 0 Å². The van der Waals surface area contributed by atoms with Crippen LogP contribution in [0.5, 0.6) is 0 Å². The third-order valence-corrected chi connectivity index (χ3v) is 2.00. The van der Waals surface area contributed by atoms with Crippen molar-refractivity contribution < 1.29 is 5.11 Å². The summed E-state index contributed by atoms with van der Waals surface area (Å²) in [6, 6.07) is 0. The normalized spacial score (nSPS) is 15.2. The van der Waals surface area contributed by atoms with Crippen LogP contribution in [0.1, 0.15) is 47.0 Å². The zero-order valence-corrected chi connectivity index (χ0v) is 8.93. The second-order valence-electron chi connectivity index (χ2n) is 4.80. The quantitative estimate of drug-likeness (QED) is 0.674. The van der Waals surface area contributed by atoms with E-state index in [2.05, 4.69) is 20.8 Å². The highest BCUT2D eigenvalue weighted by molar-refractivity contribution is 4.73. The SMILES string of the molecule is [CH2]CC(CC(C)C)CC(C)(C)O. The summed E-state index contributed by atoms with van der Waals surface area (Å²) < 4.78 is 0. The molecule has 0 saturated heterocycles. The Balaban J connectivity index is 3.83. The van der Waals surface area contributed by atoms with Gasteiger partial charge in [0.15, 0.2) is 0 Å². The topological polar surface area (TPSA) is 20.2 Å². The summed E-state index contributed by atoms with van der Waals surface area (Å²) in [5, 5.41) is 9.60. The van der Waals surface area contributed by atoms with E-state index in [1.807, 2.05) is 13.8 Å². The summed E-state index contributed by atoms with van der Waals surface area (Å²) in [6.45, 7) is 12.1. The maximum absolute atomic E-state index is 9.60. The molecule has 0 aliphatic heterocycles. The Morgan fingerprint density at radius 3 is 2.08 bits per heavy atom. The van der Waals surface area contributed by atoms with Crippen molar-refractivity contribution in [3.05, 3.63) is 6.92 Å². The minimum absolute atomic E-state index is 0.531. The van der Waals surface area contributed by atoms with Crippen LogP contribution in [0.4, 0.5) is 0 Å². The fraction of sp³-hybridized carbons (Fsp3) is 0.909. The van der Waals surface area contributed by atoms with Crippen LogP contribution in [0.15, 0.2) is 0 Å². The lowest BCUT2D eigenvalue weighted by Crippen LogP contribution is -2.23. The fourth-order valence-electron chi connectivity index (χ4n) is 1.68. The molecule has 0 aromatic rings. The second-order valence-corrected chi connectivity index (χ2v) is 4.80. The molecule has 0 aromatic heterocycles. The maximum Gasteiger partial charge on any atom is 0.0594 e. The third-order valence-electron chi connectivity index (χ3n) is 2.00. The van der Waals surface area contributed by atoms with Gasteiger partial charge in [0.05, 0.1) is 5.60 Å². The van der Waals surface area contributed by atoms with E-state index in [-0.39, 0.29) is 0 Å². The Kier molecular flexibility index (Phi) is 4.84. The second kappa shape index (κ2) is 4.86. The molecule has 1 atom stereocenters. The predicted octanol–water partition coefficient (Wildman–Crippen LogP) is 3.03. The van der Waals surface area contributed by atoms with Gasteiger partial charge in [0.1, 0.15) is 0 Å². The number of rotatable bonds is 5. The van der Waals surface area contributed by atoms with Crippen LogP contribution >= 0.6 is 0 Å². The van der Waals surface area contributed by atoms with E-state index < -0.39 is 5.60 Å². The third kappa shape index (κ3) is 6.66. The van der Waals surface area contributed by atoms with Crippen LogP contribution in [-0.2, 0) is 0 Å². The number of hydrogen-bond donors (Lipinski definition) is 1. The maximum atomic E-state index is 9.60. The fourth-order valence-corrected chi connectivity index (χ4v) is 1.68. The van der Waals surface area contributed by atoms with Gasteiger partial charge in [-0.15, -0.1) is 0 Å². The molecular formula is C11H23O. The van der Waals surface area contributed by atoms with Crippen LogP contribution in [0.3, 0.4) is 0 Å². The Hall–Kier alpha value is -0.0400. The van der Waals surface area contributed by atoms with E-state index in [1.165, 1.54) is 6.42 Å². The lowest BCUT2D eigenvalue weighted by Gasteiger charge is -2.25. The van der Waals surface area contributed by atoms with Crippen molar-refractivity contribution in [2.24, 2.45) is 11.8 Å². The van der Waals surface area contributed by atoms with Gasteiger partial charge < -0.3 is 5.11 Å². The van der Waals surface area contributed by atoms with E-state index in [1.54, 1.807) is 0 Å². The standard InChI is InChI=1S/C11H23O/c1-6-10(7-9(2)3)8-11(4,5)12/h9-10,12H,1,6-8H2,2-5H3. The van der Waals surface area contributed by atoms with Crippen molar-refractivity contribution in [3.8, 4) is 0 Å². The summed E-state index contributed by atoms with van der Waals surface area (Å²) in [4.78, 5) is 0. The molecule has 0 saturated carbocycles. The molecule has 0 heterocycles. The first-order chi connectivity index (χ1) is 5.35. The minimum Gasteiger partial charge on any atom is -0.390 e. The van der Waals surface area contributed by atoms with Gasteiger partial charge in [-0.05, 0) is 38.5 Å². The predicted molar refractivity (Wildman–Crippen MR) is 53.8 cm³/mol. The van der Waals surface area contributed by atoms with Crippen molar-refractivity contribution in [1.82, 2.24) is 0 Å². The van der Waals surface area contributed by atoms with Gasteiger partial charge in [-0.3, -0.25) is 0 Å². The number of aliphatic hydroxyl groups is 1. The van der Waals surface area contributed by atoms with Crippen molar-refractivity contribution in [2.45, 2.75) is 52.6 Å². The highest BCUT2D eigenvalue weighted by atomic mass is 16.3. The largest absolute Gasteiger partial charge is 0.390 e. The van der Waals surface area contributed by atoms with E-state index in [9.17, 15) is 5.11 Å². The Morgan fingerprint density at radius 1 is 1.33 bits per heavy atom. The summed E-state index contributed by atoms with van der Waals surface area (Å²) in [6.07, 6.45) is 2.98. The molecule has 12 heavy (non-hydrogen) atoms. The van der Waals surface area contributed by atoms with Gasteiger partial charge in [0.2, 0.25) is 0 Å². The van der Waals surface area contributed by atoms with Gasteiger partial charge in [-0.2, -0.15) is 0 Å². The molecule has 0 spiro atoms. The van der Waals surface area contributed by atoms with Gasteiger partial charge >= 0.3 is 0 Å².